The molecule has 0 saturated heterocycles. The van der Waals surface area contributed by atoms with Crippen LogP contribution in [0.3, 0.4) is 0 Å². The van der Waals surface area contributed by atoms with Crippen LogP contribution in [0.15, 0.2) is 125 Å². The predicted molar refractivity (Wildman–Crippen MR) is 182 cm³/mol. The number of aryl methyl sites for hydroxylation is 2. The number of allylic oxidation sites excluding steroid dienone is 19. The van der Waals surface area contributed by atoms with Crippen LogP contribution in [0.4, 0.5) is 0 Å². The Labute approximate surface area is 250 Å². The quantitative estimate of drug-likeness (QED) is 0.267. The first-order valence-corrected chi connectivity index (χ1v) is 14.7. The second-order valence-electron chi connectivity index (χ2n) is 12.0. The molecule has 1 aromatic rings. The highest BCUT2D eigenvalue weighted by molar-refractivity contribution is 5.97. The first-order chi connectivity index (χ1) is 19.3. The van der Waals surface area contributed by atoms with Crippen molar-refractivity contribution in [2.24, 2.45) is 5.41 Å². The second kappa shape index (κ2) is 15.9. The molecule has 216 valence electrons. The van der Waals surface area contributed by atoms with Gasteiger partial charge in [0.05, 0.1) is 0 Å². The number of hydrogen-bond acceptors (Lipinski definition) is 1. The summed E-state index contributed by atoms with van der Waals surface area (Å²) in [6, 6.07) is 4.38. The van der Waals surface area contributed by atoms with Crippen LogP contribution in [0, 0.1) is 26.2 Å². The van der Waals surface area contributed by atoms with E-state index in [1.54, 1.807) is 0 Å². The zero-order chi connectivity index (χ0) is 30.6. The molecule has 1 aliphatic carbocycles. The van der Waals surface area contributed by atoms with Crippen molar-refractivity contribution in [1.82, 2.24) is 0 Å². The van der Waals surface area contributed by atoms with E-state index in [1.165, 1.54) is 39.0 Å². The highest BCUT2D eigenvalue weighted by Crippen LogP contribution is 2.39. The van der Waals surface area contributed by atoms with Gasteiger partial charge in [0.2, 0.25) is 0 Å². The Morgan fingerprint density at radius 2 is 1.12 bits per heavy atom. The maximum Gasteiger partial charge on any atom is 0.158 e. The van der Waals surface area contributed by atoms with E-state index in [0.29, 0.717) is 6.42 Å². The molecule has 1 aliphatic rings. The number of carbonyl (C=O) groups is 1. The third kappa shape index (κ3) is 11.0. The lowest BCUT2D eigenvalue weighted by molar-refractivity contribution is -0.116. The number of hydrogen-bond donors (Lipinski definition) is 0. The van der Waals surface area contributed by atoms with E-state index in [2.05, 4.69) is 160 Å². The van der Waals surface area contributed by atoms with E-state index in [4.69, 9.17) is 0 Å². The van der Waals surface area contributed by atoms with E-state index < -0.39 is 0 Å². The van der Waals surface area contributed by atoms with Gasteiger partial charge in [-0.15, -0.1) is 0 Å². The van der Waals surface area contributed by atoms with E-state index in [9.17, 15) is 4.79 Å². The van der Waals surface area contributed by atoms with Gasteiger partial charge in [0, 0.05) is 6.42 Å². The Bertz CT molecular complexity index is 1410. The summed E-state index contributed by atoms with van der Waals surface area (Å²) in [5, 5.41) is 0. The molecule has 41 heavy (non-hydrogen) atoms. The topological polar surface area (TPSA) is 17.1 Å². The summed E-state index contributed by atoms with van der Waals surface area (Å²) < 4.78 is 0. The first-order valence-electron chi connectivity index (χ1n) is 14.7. The van der Waals surface area contributed by atoms with Crippen molar-refractivity contribution in [2.45, 2.75) is 82.1 Å². The first kappa shape index (κ1) is 33.5. The number of ketones is 1. The Morgan fingerprint density at radius 3 is 1.68 bits per heavy atom. The zero-order valence-electron chi connectivity index (χ0n) is 27.1. The SMILES string of the molecule is CC1=C(/C=C/C(C)=C/C=C/C(C)=C/C=C/C=C(C)/C=C/C=C(C)/C=C/c2c(C)ccc(C)c2C)C(C)(C)CCC1=O. The summed E-state index contributed by atoms with van der Waals surface area (Å²) in [6.45, 7) is 21.4. The number of rotatable bonds is 10. The molecule has 1 heteroatoms. The molecule has 0 heterocycles. The molecule has 0 aromatic heterocycles. The average molecular weight is 547 g/mol. The lowest BCUT2D eigenvalue weighted by atomic mass is 9.72. The van der Waals surface area contributed by atoms with Gasteiger partial charge in [-0.1, -0.05) is 133 Å². The minimum atomic E-state index is 0.0478. The van der Waals surface area contributed by atoms with E-state index in [1.807, 2.05) is 6.92 Å². The second-order valence-corrected chi connectivity index (χ2v) is 12.0. The van der Waals surface area contributed by atoms with Crippen LogP contribution in [0.1, 0.15) is 83.6 Å². The van der Waals surface area contributed by atoms with Gasteiger partial charge in [-0.2, -0.15) is 0 Å². The summed E-state index contributed by atoms with van der Waals surface area (Å²) in [7, 11) is 0. The Morgan fingerprint density at radius 1 is 0.659 bits per heavy atom. The van der Waals surface area contributed by atoms with Gasteiger partial charge in [-0.25, -0.2) is 0 Å². The van der Waals surface area contributed by atoms with E-state index in [-0.39, 0.29) is 11.2 Å². The van der Waals surface area contributed by atoms with E-state index in [0.717, 1.165) is 23.1 Å². The largest absolute Gasteiger partial charge is 0.295 e. The van der Waals surface area contributed by atoms with E-state index >= 15 is 0 Å². The number of Topliss-reactive ketones (excluding diaryl/α,β-unsaturated/α-hetero) is 1. The summed E-state index contributed by atoms with van der Waals surface area (Å²) in [5.74, 6) is 0.277. The van der Waals surface area contributed by atoms with Crippen molar-refractivity contribution >= 4 is 11.9 Å². The van der Waals surface area contributed by atoms with Gasteiger partial charge in [0.25, 0.3) is 0 Å². The molecule has 1 nitrogen and oxygen atoms in total. The van der Waals surface area contributed by atoms with Crippen LogP contribution < -0.4 is 0 Å². The molecule has 0 aliphatic heterocycles. The molecule has 0 fully saturated rings. The van der Waals surface area contributed by atoms with Crippen LogP contribution in [0.25, 0.3) is 6.08 Å². The minimum Gasteiger partial charge on any atom is -0.295 e. The molecule has 0 N–H and O–H groups in total. The van der Waals surface area contributed by atoms with Crippen LogP contribution in [-0.2, 0) is 4.79 Å². The highest BCUT2D eigenvalue weighted by atomic mass is 16.1. The van der Waals surface area contributed by atoms with Crippen LogP contribution in [0.2, 0.25) is 0 Å². The fourth-order valence-electron chi connectivity index (χ4n) is 4.76. The molecule has 2 rings (SSSR count). The van der Waals surface area contributed by atoms with Crippen molar-refractivity contribution in [3.8, 4) is 0 Å². The Kier molecular flexibility index (Phi) is 13.0. The van der Waals surface area contributed by atoms with Crippen molar-refractivity contribution in [1.29, 1.82) is 0 Å². The summed E-state index contributed by atoms with van der Waals surface area (Å²) in [4.78, 5) is 12.1. The average Bonchev–Trinajstić information content (AvgIpc) is 2.91. The smallest absolute Gasteiger partial charge is 0.158 e. The monoisotopic (exact) mass is 546 g/mol. The lowest BCUT2D eigenvalue weighted by Gasteiger charge is -2.32. The Balaban J connectivity index is 1.92. The zero-order valence-corrected chi connectivity index (χ0v) is 27.1. The molecule has 0 bridgehead atoms. The molecule has 0 saturated carbocycles. The predicted octanol–water partition coefficient (Wildman–Crippen LogP) is 11.3. The fraction of sp³-hybridized carbons (Fsp3) is 0.325. The molecule has 0 spiro atoms. The molecule has 1 aromatic carbocycles. The van der Waals surface area contributed by atoms with Crippen molar-refractivity contribution in [3.63, 3.8) is 0 Å². The van der Waals surface area contributed by atoms with Gasteiger partial charge < -0.3 is 0 Å². The maximum absolute atomic E-state index is 12.1. The standard InChI is InChI=1S/C40H50O/c1-29(17-13-19-31(3)21-25-37-34(6)24-23-33(5)35(37)7)15-11-12-16-30(2)18-14-20-32(4)22-26-38-36(8)39(41)27-28-40(38,9)10/h11-26H,27-28H2,1-10H3/b12-11+,17-13+,18-14+,25-21+,26-22+,29-15+,30-16+,31-19+,32-20+. The van der Waals surface area contributed by atoms with Gasteiger partial charge in [0.1, 0.15) is 0 Å². The van der Waals surface area contributed by atoms with Crippen LogP contribution >= 0.6 is 0 Å². The molecule has 0 atom stereocenters. The Hall–Kier alpha value is -3.71. The van der Waals surface area contributed by atoms with Crippen LogP contribution in [0.5, 0.6) is 0 Å². The van der Waals surface area contributed by atoms with Crippen LogP contribution in [-0.4, -0.2) is 5.78 Å². The third-order valence-electron chi connectivity index (χ3n) is 7.82. The highest BCUT2D eigenvalue weighted by Gasteiger charge is 2.30. The van der Waals surface area contributed by atoms with Crippen molar-refractivity contribution in [3.05, 3.63) is 147 Å². The third-order valence-corrected chi connectivity index (χ3v) is 7.82. The molecular weight excluding hydrogens is 496 g/mol. The molecule has 0 unspecified atom stereocenters. The fourth-order valence-corrected chi connectivity index (χ4v) is 4.76. The molecule has 0 radical (unpaired) electrons. The summed E-state index contributed by atoms with van der Waals surface area (Å²) in [6.07, 6.45) is 31.3. The van der Waals surface area contributed by atoms with Gasteiger partial charge >= 0.3 is 0 Å². The summed E-state index contributed by atoms with van der Waals surface area (Å²) >= 11 is 0. The van der Waals surface area contributed by atoms with Gasteiger partial charge in [-0.05, 0) is 101 Å². The number of benzene rings is 1. The van der Waals surface area contributed by atoms with Gasteiger partial charge in [0.15, 0.2) is 5.78 Å². The normalized spacial score (nSPS) is 18.0. The maximum atomic E-state index is 12.1. The van der Waals surface area contributed by atoms with Crippen molar-refractivity contribution < 1.29 is 4.79 Å². The summed E-state index contributed by atoms with van der Waals surface area (Å²) in [5.41, 5.74) is 12.2. The minimum absolute atomic E-state index is 0.0478. The van der Waals surface area contributed by atoms with Gasteiger partial charge in [-0.3, -0.25) is 4.79 Å². The van der Waals surface area contributed by atoms with Crippen molar-refractivity contribution in [2.75, 3.05) is 0 Å². The number of carbonyl (C=O) groups excluding carboxylic acids is 1. The molecular formula is C40H50O. The molecule has 0 amide bonds. The lowest BCUT2D eigenvalue weighted by Crippen LogP contribution is -2.24.